The predicted molar refractivity (Wildman–Crippen MR) is 117 cm³/mol. The number of halogens is 3. The van der Waals surface area contributed by atoms with Gasteiger partial charge in [0.1, 0.15) is 11.5 Å². The van der Waals surface area contributed by atoms with Crippen LogP contribution in [0, 0.1) is 6.92 Å². The molecule has 0 aliphatic rings. The molecule has 3 aromatic rings. The van der Waals surface area contributed by atoms with Crippen LogP contribution in [0.15, 0.2) is 53.2 Å². The first-order valence-electron chi connectivity index (χ1n) is 9.50. The topological polar surface area (TPSA) is 47.1 Å². The highest BCUT2D eigenvalue weighted by atomic mass is 32.2. The van der Waals surface area contributed by atoms with Crippen molar-refractivity contribution < 1.29 is 13.2 Å². The molecule has 0 saturated heterocycles. The Morgan fingerprint density at radius 2 is 2.00 bits per heavy atom. The second-order valence-electron chi connectivity index (χ2n) is 7.32. The molecule has 1 aromatic carbocycles. The smallest absolute Gasteiger partial charge is 0.286 e. The van der Waals surface area contributed by atoms with Crippen molar-refractivity contribution in [2.24, 2.45) is 5.73 Å². The van der Waals surface area contributed by atoms with Gasteiger partial charge in [0, 0.05) is 29.6 Å². The Balaban J connectivity index is 2.26. The van der Waals surface area contributed by atoms with E-state index < -0.39 is 5.92 Å². The molecular weight excluding hydrogens is 409 g/mol. The average Bonchev–Trinajstić information content (AvgIpc) is 2.92. The summed E-state index contributed by atoms with van der Waals surface area (Å²) in [5.41, 5.74) is 8.46. The van der Waals surface area contributed by atoms with Crippen LogP contribution in [0.5, 0.6) is 0 Å². The lowest BCUT2D eigenvalue weighted by Gasteiger charge is -2.11. The van der Waals surface area contributed by atoms with E-state index in [4.69, 9.17) is 5.73 Å². The van der Waals surface area contributed by atoms with Gasteiger partial charge < -0.3 is 10.3 Å². The van der Waals surface area contributed by atoms with E-state index >= 15 is 0 Å². The van der Waals surface area contributed by atoms with Crippen molar-refractivity contribution in [2.45, 2.75) is 31.2 Å². The standard InChI is InChI=1S/C22H25F3N4S/c1-14-20(15-6-5-7-17(12-15)30-28(3)4)21-18(29(14)13-16(23)10-11-26)8-9-19(27-21)22(2,24)25/h5-10,12H,11,13,26H2,1-4H3/b16-10-. The summed E-state index contributed by atoms with van der Waals surface area (Å²) in [4.78, 5) is 5.30. The van der Waals surface area contributed by atoms with E-state index in [2.05, 4.69) is 4.98 Å². The molecule has 0 atom stereocenters. The minimum Gasteiger partial charge on any atom is -0.336 e. The minimum atomic E-state index is -3.07. The summed E-state index contributed by atoms with van der Waals surface area (Å²) in [5.74, 6) is -3.46. The molecule has 8 heteroatoms. The summed E-state index contributed by atoms with van der Waals surface area (Å²) in [5, 5.41) is 0. The largest absolute Gasteiger partial charge is 0.336 e. The summed E-state index contributed by atoms with van der Waals surface area (Å²) >= 11 is 1.55. The maximum absolute atomic E-state index is 14.3. The molecule has 160 valence electrons. The number of hydrogen-bond donors (Lipinski definition) is 1. The lowest BCUT2D eigenvalue weighted by Crippen LogP contribution is -2.09. The number of rotatable bonds is 7. The zero-order valence-electron chi connectivity index (χ0n) is 17.4. The van der Waals surface area contributed by atoms with E-state index in [0.29, 0.717) is 11.0 Å². The van der Waals surface area contributed by atoms with Crippen molar-refractivity contribution in [3.05, 3.63) is 59.7 Å². The average molecular weight is 435 g/mol. The van der Waals surface area contributed by atoms with Crippen molar-refractivity contribution in [3.63, 3.8) is 0 Å². The first-order valence-corrected chi connectivity index (χ1v) is 10.3. The number of benzene rings is 1. The van der Waals surface area contributed by atoms with Gasteiger partial charge in [-0.15, -0.1) is 0 Å². The number of aromatic nitrogens is 2. The van der Waals surface area contributed by atoms with Crippen molar-refractivity contribution in [1.29, 1.82) is 0 Å². The molecule has 0 fully saturated rings. The van der Waals surface area contributed by atoms with Crippen molar-refractivity contribution >= 4 is 23.0 Å². The van der Waals surface area contributed by atoms with Crippen LogP contribution < -0.4 is 5.73 Å². The molecule has 0 spiro atoms. The van der Waals surface area contributed by atoms with Crippen LogP contribution in [0.1, 0.15) is 18.3 Å². The molecule has 4 nitrogen and oxygen atoms in total. The predicted octanol–water partition coefficient (Wildman–Crippen LogP) is 5.50. The van der Waals surface area contributed by atoms with Gasteiger partial charge in [0.15, 0.2) is 0 Å². The van der Waals surface area contributed by atoms with Gasteiger partial charge in [-0.3, -0.25) is 4.31 Å². The maximum Gasteiger partial charge on any atom is 0.286 e. The highest BCUT2D eigenvalue weighted by Crippen LogP contribution is 2.37. The Morgan fingerprint density at radius 1 is 1.27 bits per heavy atom. The van der Waals surface area contributed by atoms with Gasteiger partial charge in [-0.1, -0.05) is 12.1 Å². The number of nitrogens with two attached hydrogens (primary N) is 1. The monoisotopic (exact) mass is 434 g/mol. The third-order valence-electron chi connectivity index (χ3n) is 4.68. The van der Waals surface area contributed by atoms with Crippen LogP contribution in [-0.4, -0.2) is 34.5 Å². The molecule has 0 aliphatic heterocycles. The zero-order valence-corrected chi connectivity index (χ0v) is 18.2. The number of alkyl halides is 2. The third kappa shape index (κ3) is 4.71. The maximum atomic E-state index is 14.3. The van der Waals surface area contributed by atoms with Crippen LogP contribution in [0.4, 0.5) is 13.2 Å². The summed E-state index contributed by atoms with van der Waals surface area (Å²) in [6.45, 7) is 2.73. The Kier molecular flexibility index (Phi) is 6.59. The quantitative estimate of drug-likeness (QED) is 0.499. The lowest BCUT2D eigenvalue weighted by atomic mass is 10.0. The third-order valence-corrected chi connectivity index (χ3v) is 5.51. The Hall–Kier alpha value is -2.29. The van der Waals surface area contributed by atoms with Gasteiger partial charge in [0.05, 0.1) is 17.6 Å². The summed E-state index contributed by atoms with van der Waals surface area (Å²) in [6.07, 6.45) is 1.31. The van der Waals surface area contributed by atoms with Crippen LogP contribution in [0.3, 0.4) is 0 Å². The fraction of sp³-hybridized carbons (Fsp3) is 0.318. The van der Waals surface area contributed by atoms with Crippen LogP contribution in [-0.2, 0) is 12.5 Å². The van der Waals surface area contributed by atoms with E-state index in [0.717, 1.165) is 28.6 Å². The van der Waals surface area contributed by atoms with Crippen LogP contribution in [0.25, 0.3) is 22.2 Å². The Labute approximate surface area is 178 Å². The molecule has 0 aliphatic carbocycles. The number of hydrogen-bond acceptors (Lipinski definition) is 4. The van der Waals surface area contributed by atoms with E-state index in [1.54, 1.807) is 22.6 Å². The second-order valence-corrected chi connectivity index (χ2v) is 8.70. The van der Waals surface area contributed by atoms with Gasteiger partial charge in [0.25, 0.3) is 5.92 Å². The lowest BCUT2D eigenvalue weighted by molar-refractivity contribution is 0.0131. The fourth-order valence-electron chi connectivity index (χ4n) is 3.40. The molecule has 2 heterocycles. The molecule has 30 heavy (non-hydrogen) atoms. The molecule has 3 rings (SSSR count). The minimum absolute atomic E-state index is 0.0325. The summed E-state index contributed by atoms with van der Waals surface area (Å²) < 4.78 is 46.0. The first-order chi connectivity index (χ1) is 14.1. The summed E-state index contributed by atoms with van der Waals surface area (Å²) in [6, 6.07) is 10.7. The first kappa shape index (κ1) is 22.4. The Morgan fingerprint density at radius 3 is 2.63 bits per heavy atom. The van der Waals surface area contributed by atoms with Crippen molar-refractivity contribution in [3.8, 4) is 11.1 Å². The van der Waals surface area contributed by atoms with Crippen molar-refractivity contribution in [2.75, 3.05) is 20.6 Å². The molecule has 0 saturated carbocycles. The molecule has 2 aromatic heterocycles. The van der Waals surface area contributed by atoms with Gasteiger partial charge in [-0.05, 0) is 68.9 Å². The van der Waals surface area contributed by atoms with E-state index in [1.165, 1.54) is 12.1 Å². The second kappa shape index (κ2) is 8.83. The molecular formula is C22H25F3N4S. The Bertz CT molecular complexity index is 1080. The SMILES string of the molecule is Cc1c(-c2cccc(SN(C)C)c2)c2nc(C(C)(F)F)ccc2n1C/C(F)=C/CN. The van der Waals surface area contributed by atoms with Gasteiger partial charge in [-0.2, -0.15) is 8.78 Å². The number of allylic oxidation sites excluding steroid dienone is 1. The highest BCUT2D eigenvalue weighted by molar-refractivity contribution is 7.97. The van der Waals surface area contributed by atoms with E-state index in [-0.39, 0.29) is 24.6 Å². The normalized spacial score (nSPS) is 12.9. The zero-order chi connectivity index (χ0) is 22.1. The van der Waals surface area contributed by atoms with E-state index in [1.807, 2.05) is 49.6 Å². The molecule has 0 unspecified atom stereocenters. The van der Waals surface area contributed by atoms with Crippen LogP contribution >= 0.6 is 11.9 Å². The van der Waals surface area contributed by atoms with Crippen LogP contribution in [0.2, 0.25) is 0 Å². The molecule has 2 N–H and O–H groups in total. The molecule has 0 amide bonds. The summed E-state index contributed by atoms with van der Waals surface area (Å²) in [7, 11) is 3.89. The molecule has 0 radical (unpaired) electrons. The molecule has 0 bridgehead atoms. The van der Waals surface area contributed by atoms with Crippen molar-refractivity contribution in [1.82, 2.24) is 13.9 Å². The van der Waals surface area contributed by atoms with Gasteiger partial charge in [0.2, 0.25) is 0 Å². The fourth-order valence-corrected chi connectivity index (χ4v) is 4.14. The number of nitrogens with zero attached hydrogens (tertiary/aromatic N) is 3. The van der Waals surface area contributed by atoms with Gasteiger partial charge >= 0.3 is 0 Å². The highest BCUT2D eigenvalue weighted by Gasteiger charge is 2.28. The van der Waals surface area contributed by atoms with Gasteiger partial charge in [-0.25, -0.2) is 9.37 Å². The van der Waals surface area contributed by atoms with E-state index in [9.17, 15) is 13.2 Å². The number of pyridine rings is 1. The number of fused-ring (bicyclic) bond motifs is 1.